The molecular weight excluding hydrogens is 250 g/mol. The molecule has 0 radical (unpaired) electrons. The maximum absolute atomic E-state index is 12.4. The Balaban J connectivity index is 1.80. The molecule has 3 fully saturated rings. The van der Waals surface area contributed by atoms with E-state index in [-0.39, 0.29) is 28.8 Å². The first-order valence-corrected chi connectivity index (χ1v) is 8.14. The van der Waals surface area contributed by atoms with Crippen LogP contribution in [0.25, 0.3) is 0 Å². The lowest BCUT2D eigenvalue weighted by atomic mass is 9.59. The summed E-state index contributed by atoms with van der Waals surface area (Å²) in [5, 5.41) is 14.2. The molecule has 1 heterocycles. The second kappa shape index (κ2) is 4.54. The molecule has 1 aliphatic heterocycles. The van der Waals surface area contributed by atoms with Crippen molar-refractivity contribution in [1.29, 1.82) is 0 Å². The number of hydrogen-bond acceptors (Lipinski definition) is 3. The summed E-state index contributed by atoms with van der Waals surface area (Å²) in [6, 6.07) is 0.713. The van der Waals surface area contributed by atoms with Gasteiger partial charge >= 0.3 is 0 Å². The number of hydrogen-bond donors (Lipinski definition) is 2. The van der Waals surface area contributed by atoms with E-state index in [0.717, 1.165) is 25.7 Å². The van der Waals surface area contributed by atoms with Gasteiger partial charge in [0.15, 0.2) is 0 Å². The van der Waals surface area contributed by atoms with Gasteiger partial charge in [-0.3, -0.25) is 4.79 Å². The number of Topliss-reactive ketones (excluding diaryl/α,β-unsaturated/α-hetero) is 1. The SMILES string of the molecule is CC1(C)CC(=O)C2CC3C(O)CC(C)(C)CC3NC2C1. The topological polar surface area (TPSA) is 49.3 Å². The number of piperidine rings is 1. The summed E-state index contributed by atoms with van der Waals surface area (Å²) >= 11 is 0. The van der Waals surface area contributed by atoms with E-state index in [9.17, 15) is 9.90 Å². The van der Waals surface area contributed by atoms with Crippen molar-refractivity contribution in [3.8, 4) is 0 Å². The summed E-state index contributed by atoms with van der Waals surface area (Å²) in [4.78, 5) is 12.4. The van der Waals surface area contributed by atoms with Crippen LogP contribution in [0.5, 0.6) is 0 Å². The van der Waals surface area contributed by atoms with Gasteiger partial charge in [-0.05, 0) is 36.5 Å². The van der Waals surface area contributed by atoms with Crippen LogP contribution in [0.2, 0.25) is 0 Å². The molecule has 5 atom stereocenters. The van der Waals surface area contributed by atoms with Crippen molar-refractivity contribution < 1.29 is 9.90 Å². The van der Waals surface area contributed by atoms with Crippen LogP contribution in [0.3, 0.4) is 0 Å². The second-order valence-corrected chi connectivity index (χ2v) is 9.04. The Morgan fingerprint density at radius 3 is 2.40 bits per heavy atom. The zero-order chi connectivity index (χ0) is 14.7. The highest BCUT2D eigenvalue weighted by atomic mass is 16.3. The van der Waals surface area contributed by atoms with Crippen LogP contribution in [0.4, 0.5) is 0 Å². The number of carbonyl (C=O) groups is 1. The lowest BCUT2D eigenvalue weighted by molar-refractivity contribution is -0.135. The fourth-order valence-electron chi connectivity index (χ4n) is 5.00. The van der Waals surface area contributed by atoms with Crippen LogP contribution >= 0.6 is 0 Å². The Bertz CT molecular complexity index is 415. The predicted octanol–water partition coefficient (Wildman–Crippen LogP) is 2.52. The molecule has 0 bridgehead atoms. The molecule has 5 unspecified atom stereocenters. The summed E-state index contributed by atoms with van der Waals surface area (Å²) in [6.07, 6.45) is 4.42. The van der Waals surface area contributed by atoms with Crippen molar-refractivity contribution in [2.24, 2.45) is 22.7 Å². The molecule has 2 saturated carbocycles. The number of carbonyl (C=O) groups excluding carboxylic acids is 1. The van der Waals surface area contributed by atoms with E-state index in [1.165, 1.54) is 0 Å². The lowest BCUT2D eigenvalue weighted by Crippen LogP contribution is -2.62. The van der Waals surface area contributed by atoms with Gasteiger partial charge in [0.25, 0.3) is 0 Å². The Hall–Kier alpha value is -0.410. The number of rotatable bonds is 0. The standard InChI is InChI=1S/C17H29NO2/c1-16(2)6-12-10(14(19)8-16)5-11-13(18-12)7-17(3,4)9-15(11)20/h10-14,18-19H,5-9H2,1-4H3. The maximum Gasteiger partial charge on any atom is 0.138 e. The van der Waals surface area contributed by atoms with Crippen LogP contribution in [0.1, 0.15) is 59.8 Å². The summed E-state index contributed by atoms with van der Waals surface area (Å²) in [5.41, 5.74) is 0.329. The monoisotopic (exact) mass is 279 g/mol. The van der Waals surface area contributed by atoms with Crippen molar-refractivity contribution in [2.45, 2.75) is 78.0 Å². The van der Waals surface area contributed by atoms with Crippen LogP contribution in [-0.2, 0) is 4.79 Å². The van der Waals surface area contributed by atoms with Gasteiger partial charge in [-0.2, -0.15) is 0 Å². The largest absolute Gasteiger partial charge is 0.393 e. The molecule has 3 heteroatoms. The van der Waals surface area contributed by atoms with Gasteiger partial charge in [-0.15, -0.1) is 0 Å². The van der Waals surface area contributed by atoms with Crippen LogP contribution < -0.4 is 5.32 Å². The highest BCUT2D eigenvalue weighted by Crippen LogP contribution is 2.47. The third-order valence-corrected chi connectivity index (χ3v) is 5.82. The van der Waals surface area contributed by atoms with E-state index in [1.807, 2.05) is 0 Å². The quantitative estimate of drug-likeness (QED) is 0.716. The number of ketones is 1. The number of nitrogens with one attached hydrogen (secondary N) is 1. The summed E-state index contributed by atoms with van der Waals surface area (Å²) in [5.74, 6) is 0.823. The molecule has 0 aromatic heterocycles. The Labute approximate surface area is 122 Å². The Kier molecular flexibility index (Phi) is 3.30. The molecule has 0 aromatic carbocycles. The van der Waals surface area contributed by atoms with Crippen LogP contribution in [0.15, 0.2) is 0 Å². The second-order valence-electron chi connectivity index (χ2n) is 9.04. The number of aliphatic hydroxyl groups excluding tert-OH is 1. The molecule has 2 aliphatic carbocycles. The predicted molar refractivity (Wildman–Crippen MR) is 79.4 cm³/mol. The minimum absolute atomic E-state index is 0.126. The average Bonchev–Trinajstić information content (AvgIpc) is 2.23. The summed E-state index contributed by atoms with van der Waals surface area (Å²) in [6.45, 7) is 8.90. The van der Waals surface area contributed by atoms with Gasteiger partial charge in [0, 0.05) is 30.3 Å². The minimum atomic E-state index is -0.250. The van der Waals surface area contributed by atoms with E-state index in [1.54, 1.807) is 0 Å². The molecule has 0 amide bonds. The van der Waals surface area contributed by atoms with Crippen molar-refractivity contribution in [3.63, 3.8) is 0 Å². The van der Waals surface area contributed by atoms with Gasteiger partial charge in [0.1, 0.15) is 5.78 Å². The third-order valence-electron chi connectivity index (χ3n) is 5.82. The van der Waals surface area contributed by atoms with E-state index in [0.29, 0.717) is 24.3 Å². The molecule has 3 aliphatic rings. The fourth-order valence-corrected chi connectivity index (χ4v) is 5.00. The Morgan fingerprint density at radius 2 is 1.70 bits per heavy atom. The molecule has 3 rings (SSSR count). The molecule has 2 N–H and O–H groups in total. The molecule has 20 heavy (non-hydrogen) atoms. The fraction of sp³-hybridized carbons (Fsp3) is 0.941. The van der Waals surface area contributed by atoms with E-state index in [4.69, 9.17) is 0 Å². The van der Waals surface area contributed by atoms with Crippen molar-refractivity contribution in [1.82, 2.24) is 5.32 Å². The van der Waals surface area contributed by atoms with E-state index >= 15 is 0 Å². The average molecular weight is 279 g/mol. The molecule has 1 saturated heterocycles. The molecule has 0 spiro atoms. The van der Waals surface area contributed by atoms with Crippen molar-refractivity contribution in [3.05, 3.63) is 0 Å². The summed E-state index contributed by atoms with van der Waals surface area (Å²) in [7, 11) is 0. The third kappa shape index (κ3) is 2.55. The number of aliphatic hydroxyl groups is 1. The molecule has 114 valence electrons. The lowest BCUT2D eigenvalue weighted by Gasteiger charge is -2.53. The highest BCUT2D eigenvalue weighted by molar-refractivity contribution is 5.83. The summed E-state index contributed by atoms with van der Waals surface area (Å²) < 4.78 is 0. The van der Waals surface area contributed by atoms with Crippen LogP contribution in [-0.4, -0.2) is 29.1 Å². The first kappa shape index (κ1) is 14.5. The van der Waals surface area contributed by atoms with E-state index < -0.39 is 0 Å². The molecule has 0 aromatic rings. The first-order chi connectivity index (χ1) is 9.17. The van der Waals surface area contributed by atoms with Crippen molar-refractivity contribution >= 4 is 5.78 Å². The smallest absolute Gasteiger partial charge is 0.138 e. The normalized spacial score (nSPS) is 46.5. The van der Waals surface area contributed by atoms with Gasteiger partial charge in [-0.1, -0.05) is 27.7 Å². The van der Waals surface area contributed by atoms with Crippen LogP contribution in [0, 0.1) is 22.7 Å². The zero-order valence-corrected chi connectivity index (χ0v) is 13.3. The van der Waals surface area contributed by atoms with Gasteiger partial charge in [-0.25, -0.2) is 0 Å². The first-order valence-electron chi connectivity index (χ1n) is 8.14. The highest BCUT2D eigenvalue weighted by Gasteiger charge is 2.50. The minimum Gasteiger partial charge on any atom is -0.393 e. The van der Waals surface area contributed by atoms with E-state index in [2.05, 4.69) is 33.0 Å². The zero-order valence-electron chi connectivity index (χ0n) is 13.3. The molecule has 3 nitrogen and oxygen atoms in total. The molecular formula is C17H29NO2. The van der Waals surface area contributed by atoms with Gasteiger partial charge in [0.2, 0.25) is 0 Å². The maximum atomic E-state index is 12.4. The number of fused-ring (bicyclic) bond motifs is 2. The van der Waals surface area contributed by atoms with Gasteiger partial charge < -0.3 is 10.4 Å². The Morgan fingerprint density at radius 1 is 1.05 bits per heavy atom. The van der Waals surface area contributed by atoms with Crippen molar-refractivity contribution in [2.75, 3.05) is 0 Å². The van der Waals surface area contributed by atoms with Gasteiger partial charge in [0.05, 0.1) is 6.10 Å².